The summed E-state index contributed by atoms with van der Waals surface area (Å²) in [6.45, 7) is 8.48. The van der Waals surface area contributed by atoms with E-state index in [0.29, 0.717) is 29.4 Å². The Labute approximate surface area is 188 Å². The molecule has 0 radical (unpaired) electrons. The van der Waals surface area contributed by atoms with E-state index in [-0.39, 0.29) is 28.4 Å². The molecule has 1 N–H and O–H groups in total. The number of amides is 1. The van der Waals surface area contributed by atoms with Gasteiger partial charge in [0.05, 0.1) is 33.8 Å². The lowest BCUT2D eigenvalue weighted by Crippen LogP contribution is -2.43. The molecule has 7 nitrogen and oxygen atoms in total. The minimum absolute atomic E-state index is 0.00640. The smallest absolute Gasteiger partial charge is 0.261 e. The van der Waals surface area contributed by atoms with E-state index >= 15 is 0 Å². The standard InChI is InChI=1S/C22H27ClN2O5S/c1-14(2)12-25-18-8-6-15(10-20(18)30-13-22(3,4)21(25)26)24-31(27,28)16-7-9-19(29-5)17(23)11-16/h6-11,14,24H,12-13H2,1-5H3. The predicted molar refractivity (Wildman–Crippen MR) is 122 cm³/mol. The summed E-state index contributed by atoms with van der Waals surface area (Å²) in [7, 11) is -2.43. The van der Waals surface area contributed by atoms with Crippen molar-refractivity contribution in [1.29, 1.82) is 0 Å². The molecule has 2 aromatic rings. The highest BCUT2D eigenvalue weighted by Gasteiger charge is 2.38. The molecular formula is C22H27ClN2O5S. The van der Waals surface area contributed by atoms with Crippen LogP contribution in [0.15, 0.2) is 41.3 Å². The van der Waals surface area contributed by atoms with E-state index in [4.69, 9.17) is 21.1 Å². The molecule has 1 heterocycles. The fourth-order valence-electron chi connectivity index (χ4n) is 3.29. The van der Waals surface area contributed by atoms with Crippen LogP contribution < -0.4 is 19.1 Å². The van der Waals surface area contributed by atoms with Crippen LogP contribution in [0.4, 0.5) is 11.4 Å². The summed E-state index contributed by atoms with van der Waals surface area (Å²) in [5.41, 5.74) is 0.245. The van der Waals surface area contributed by atoms with Gasteiger partial charge < -0.3 is 14.4 Å². The van der Waals surface area contributed by atoms with Crippen LogP contribution in [0.5, 0.6) is 11.5 Å². The van der Waals surface area contributed by atoms with Crippen molar-refractivity contribution in [3.05, 3.63) is 41.4 Å². The monoisotopic (exact) mass is 466 g/mol. The molecule has 0 saturated heterocycles. The molecule has 168 valence electrons. The molecule has 0 aromatic heterocycles. The molecule has 0 atom stereocenters. The summed E-state index contributed by atoms with van der Waals surface area (Å²) >= 11 is 6.07. The Bertz CT molecular complexity index is 1100. The van der Waals surface area contributed by atoms with Crippen LogP contribution in [0.25, 0.3) is 0 Å². The second-order valence-corrected chi connectivity index (χ2v) is 10.7. The summed E-state index contributed by atoms with van der Waals surface area (Å²) in [4.78, 5) is 14.8. The van der Waals surface area contributed by atoms with Crippen LogP contribution >= 0.6 is 11.6 Å². The summed E-state index contributed by atoms with van der Waals surface area (Å²) in [6, 6.07) is 9.15. The van der Waals surface area contributed by atoms with Crippen molar-refractivity contribution in [1.82, 2.24) is 0 Å². The van der Waals surface area contributed by atoms with Gasteiger partial charge >= 0.3 is 0 Å². The number of hydrogen-bond acceptors (Lipinski definition) is 5. The Morgan fingerprint density at radius 3 is 2.55 bits per heavy atom. The molecule has 0 saturated carbocycles. The predicted octanol–water partition coefficient (Wildman–Crippen LogP) is 4.56. The van der Waals surface area contributed by atoms with Gasteiger partial charge in [0.15, 0.2) is 0 Å². The third-order valence-corrected chi connectivity index (χ3v) is 6.57. The lowest BCUT2D eigenvalue weighted by molar-refractivity contribution is -0.127. The van der Waals surface area contributed by atoms with Crippen molar-refractivity contribution in [2.24, 2.45) is 11.3 Å². The Balaban J connectivity index is 1.95. The van der Waals surface area contributed by atoms with Crippen molar-refractivity contribution in [2.75, 3.05) is 29.9 Å². The van der Waals surface area contributed by atoms with E-state index < -0.39 is 15.4 Å². The molecule has 2 aromatic carbocycles. The van der Waals surface area contributed by atoms with E-state index in [1.807, 2.05) is 27.7 Å². The first-order valence-electron chi connectivity index (χ1n) is 9.90. The Kier molecular flexibility index (Phi) is 6.43. The van der Waals surface area contributed by atoms with Crippen LogP contribution in [0, 0.1) is 11.3 Å². The van der Waals surface area contributed by atoms with Crippen molar-refractivity contribution in [3.8, 4) is 11.5 Å². The third-order valence-electron chi connectivity index (χ3n) is 4.90. The zero-order chi connectivity index (χ0) is 23.0. The quantitative estimate of drug-likeness (QED) is 0.674. The Hall–Kier alpha value is -2.45. The first-order chi connectivity index (χ1) is 14.4. The number of benzene rings is 2. The van der Waals surface area contributed by atoms with E-state index in [0.717, 1.165) is 0 Å². The number of anilines is 2. The molecule has 0 aliphatic carbocycles. The number of nitrogens with zero attached hydrogens (tertiary/aromatic N) is 1. The minimum Gasteiger partial charge on any atom is -0.495 e. The zero-order valence-electron chi connectivity index (χ0n) is 18.2. The van der Waals surface area contributed by atoms with Gasteiger partial charge in [0.1, 0.15) is 18.1 Å². The minimum atomic E-state index is -3.89. The van der Waals surface area contributed by atoms with Gasteiger partial charge in [-0.1, -0.05) is 25.4 Å². The van der Waals surface area contributed by atoms with Gasteiger partial charge in [-0.25, -0.2) is 8.42 Å². The zero-order valence-corrected chi connectivity index (χ0v) is 19.8. The number of nitrogens with one attached hydrogen (secondary N) is 1. The topological polar surface area (TPSA) is 84.9 Å². The second kappa shape index (κ2) is 8.59. The van der Waals surface area contributed by atoms with Gasteiger partial charge in [-0.15, -0.1) is 0 Å². The highest BCUT2D eigenvalue weighted by atomic mass is 35.5. The van der Waals surface area contributed by atoms with Crippen LogP contribution in [0.2, 0.25) is 5.02 Å². The SMILES string of the molecule is COc1ccc(S(=O)(=O)Nc2ccc3c(c2)OCC(C)(C)C(=O)N3CC(C)C)cc1Cl. The van der Waals surface area contributed by atoms with Crippen molar-refractivity contribution < 1.29 is 22.7 Å². The number of sulfonamides is 1. The average molecular weight is 467 g/mol. The van der Waals surface area contributed by atoms with Crippen molar-refractivity contribution in [3.63, 3.8) is 0 Å². The number of carbonyl (C=O) groups excluding carboxylic acids is 1. The summed E-state index contributed by atoms with van der Waals surface area (Å²) in [6.07, 6.45) is 0. The normalized spacial score (nSPS) is 15.8. The molecule has 0 unspecified atom stereocenters. The van der Waals surface area contributed by atoms with Crippen molar-refractivity contribution in [2.45, 2.75) is 32.6 Å². The molecule has 31 heavy (non-hydrogen) atoms. The molecule has 9 heteroatoms. The molecule has 0 bridgehead atoms. The van der Waals surface area contributed by atoms with Gasteiger partial charge in [0.25, 0.3) is 10.0 Å². The number of methoxy groups -OCH3 is 1. The van der Waals surface area contributed by atoms with Gasteiger partial charge in [0.2, 0.25) is 5.91 Å². The van der Waals surface area contributed by atoms with E-state index in [2.05, 4.69) is 4.72 Å². The highest BCUT2D eigenvalue weighted by molar-refractivity contribution is 7.92. The number of ether oxygens (including phenoxy) is 2. The molecule has 0 spiro atoms. The fraction of sp³-hybridized carbons (Fsp3) is 0.409. The highest BCUT2D eigenvalue weighted by Crippen LogP contribution is 2.39. The Morgan fingerprint density at radius 2 is 1.94 bits per heavy atom. The van der Waals surface area contributed by atoms with E-state index in [1.165, 1.54) is 25.3 Å². The fourth-order valence-corrected chi connectivity index (χ4v) is 4.68. The third kappa shape index (κ3) is 4.91. The molecule has 0 fully saturated rings. The number of rotatable bonds is 6. The second-order valence-electron chi connectivity index (χ2n) is 8.57. The number of fused-ring (bicyclic) bond motifs is 1. The van der Waals surface area contributed by atoms with Crippen LogP contribution in [0.1, 0.15) is 27.7 Å². The first-order valence-corrected chi connectivity index (χ1v) is 11.8. The van der Waals surface area contributed by atoms with Gasteiger partial charge in [0, 0.05) is 12.6 Å². The van der Waals surface area contributed by atoms with E-state index in [9.17, 15) is 13.2 Å². The maximum atomic E-state index is 13.1. The largest absolute Gasteiger partial charge is 0.495 e. The van der Waals surface area contributed by atoms with E-state index in [1.54, 1.807) is 23.1 Å². The lowest BCUT2D eigenvalue weighted by atomic mass is 9.92. The first kappa shape index (κ1) is 23.2. The van der Waals surface area contributed by atoms with Gasteiger partial charge in [-0.05, 0) is 50.1 Å². The molecule has 1 amide bonds. The molecule has 3 rings (SSSR count). The van der Waals surface area contributed by atoms with Gasteiger partial charge in [-0.3, -0.25) is 9.52 Å². The molecule has 1 aliphatic heterocycles. The maximum Gasteiger partial charge on any atom is 0.261 e. The lowest BCUT2D eigenvalue weighted by Gasteiger charge is -2.29. The number of halogens is 1. The Morgan fingerprint density at radius 1 is 1.23 bits per heavy atom. The molecule has 1 aliphatic rings. The number of carbonyl (C=O) groups is 1. The van der Waals surface area contributed by atoms with Crippen LogP contribution in [-0.4, -0.2) is 34.6 Å². The molecular weight excluding hydrogens is 440 g/mol. The van der Waals surface area contributed by atoms with Crippen LogP contribution in [0.3, 0.4) is 0 Å². The maximum absolute atomic E-state index is 13.1. The summed E-state index contributed by atoms with van der Waals surface area (Å²) < 4.78 is 39.2. The summed E-state index contributed by atoms with van der Waals surface area (Å²) in [5, 5.41) is 0.195. The number of hydrogen-bond donors (Lipinski definition) is 1. The van der Waals surface area contributed by atoms with Gasteiger partial charge in [-0.2, -0.15) is 0 Å². The van der Waals surface area contributed by atoms with Crippen molar-refractivity contribution >= 4 is 38.9 Å². The van der Waals surface area contributed by atoms with Crippen LogP contribution in [-0.2, 0) is 14.8 Å². The summed E-state index contributed by atoms with van der Waals surface area (Å²) in [5.74, 6) is 1.06. The average Bonchev–Trinajstić information content (AvgIpc) is 2.77.